The van der Waals surface area contributed by atoms with Crippen molar-refractivity contribution in [3.63, 3.8) is 0 Å². The van der Waals surface area contributed by atoms with Gasteiger partial charge in [-0.25, -0.2) is 0 Å². The number of hydrogen-bond donors (Lipinski definition) is 2. The van der Waals surface area contributed by atoms with Gasteiger partial charge in [-0.2, -0.15) is 0 Å². The van der Waals surface area contributed by atoms with Crippen LogP contribution in [0.15, 0.2) is 48.5 Å². The molecule has 0 saturated heterocycles. The van der Waals surface area contributed by atoms with E-state index in [1.165, 1.54) is 47.9 Å². The van der Waals surface area contributed by atoms with E-state index in [-0.39, 0.29) is 0 Å². The fourth-order valence-corrected chi connectivity index (χ4v) is 3.01. The first-order chi connectivity index (χ1) is 12.8. The first-order valence-electron chi connectivity index (χ1n) is 10.4. The second-order valence-electron chi connectivity index (χ2n) is 7.19. The van der Waals surface area contributed by atoms with Gasteiger partial charge in [-0.1, -0.05) is 75.2 Å². The van der Waals surface area contributed by atoms with Crippen molar-refractivity contribution in [2.24, 2.45) is 0 Å². The van der Waals surface area contributed by atoms with Crippen molar-refractivity contribution in [1.82, 2.24) is 10.6 Å². The lowest BCUT2D eigenvalue weighted by atomic mass is 10.0. The van der Waals surface area contributed by atoms with Crippen molar-refractivity contribution < 1.29 is 0 Å². The van der Waals surface area contributed by atoms with Gasteiger partial charge < -0.3 is 10.6 Å². The summed E-state index contributed by atoms with van der Waals surface area (Å²) in [4.78, 5) is 0. The quantitative estimate of drug-likeness (QED) is 0.481. The smallest absolute Gasteiger partial charge is 0.0205 e. The Hall–Kier alpha value is -1.64. The summed E-state index contributed by atoms with van der Waals surface area (Å²) in [6.07, 6.45) is 7.23. The molecule has 2 nitrogen and oxygen atoms in total. The topological polar surface area (TPSA) is 24.1 Å². The normalized spacial score (nSPS) is 11.0. The van der Waals surface area contributed by atoms with Gasteiger partial charge >= 0.3 is 0 Å². The third-order valence-electron chi connectivity index (χ3n) is 4.82. The summed E-state index contributed by atoms with van der Waals surface area (Å²) in [5.74, 6) is 0. The molecule has 0 amide bonds. The SMILES string of the molecule is CCCCNCc1ccc(CCc2ccc(CNCCCC)cc2)cc1. The molecular weight excluding hydrogens is 316 g/mol. The molecule has 26 heavy (non-hydrogen) atoms. The molecule has 142 valence electrons. The minimum Gasteiger partial charge on any atom is -0.313 e. The second-order valence-corrected chi connectivity index (χ2v) is 7.19. The van der Waals surface area contributed by atoms with Crippen molar-refractivity contribution in [3.8, 4) is 0 Å². The number of benzene rings is 2. The Morgan fingerprint density at radius 1 is 0.538 bits per heavy atom. The summed E-state index contributed by atoms with van der Waals surface area (Å²) < 4.78 is 0. The molecule has 0 heterocycles. The van der Waals surface area contributed by atoms with Crippen molar-refractivity contribution >= 4 is 0 Å². The lowest BCUT2D eigenvalue weighted by molar-refractivity contribution is 0.641. The Bertz CT molecular complexity index is 531. The monoisotopic (exact) mass is 352 g/mol. The van der Waals surface area contributed by atoms with E-state index in [0.29, 0.717) is 0 Å². The van der Waals surface area contributed by atoms with Crippen molar-refractivity contribution in [1.29, 1.82) is 0 Å². The van der Waals surface area contributed by atoms with Crippen LogP contribution in [0.4, 0.5) is 0 Å². The summed E-state index contributed by atoms with van der Waals surface area (Å²) >= 11 is 0. The molecule has 0 aliphatic carbocycles. The molecule has 0 unspecified atom stereocenters. The molecule has 0 radical (unpaired) electrons. The third kappa shape index (κ3) is 8.16. The van der Waals surface area contributed by atoms with Gasteiger partial charge in [0.2, 0.25) is 0 Å². The Kier molecular flexibility index (Phi) is 10.1. The van der Waals surface area contributed by atoms with Crippen LogP contribution >= 0.6 is 0 Å². The van der Waals surface area contributed by atoms with Gasteiger partial charge in [0.15, 0.2) is 0 Å². The zero-order valence-electron chi connectivity index (χ0n) is 16.7. The maximum absolute atomic E-state index is 3.50. The van der Waals surface area contributed by atoms with Crippen LogP contribution in [0.3, 0.4) is 0 Å². The predicted molar refractivity (Wildman–Crippen MR) is 114 cm³/mol. The maximum atomic E-state index is 3.50. The fourth-order valence-electron chi connectivity index (χ4n) is 3.01. The average Bonchev–Trinajstić information content (AvgIpc) is 2.69. The molecular formula is C24H36N2. The number of nitrogens with one attached hydrogen (secondary N) is 2. The molecule has 0 aliphatic rings. The summed E-state index contributed by atoms with van der Waals surface area (Å²) in [5, 5.41) is 7.00. The van der Waals surface area contributed by atoms with Gasteiger partial charge in [0.1, 0.15) is 0 Å². The summed E-state index contributed by atoms with van der Waals surface area (Å²) in [5.41, 5.74) is 5.61. The highest BCUT2D eigenvalue weighted by Gasteiger charge is 1.99. The number of hydrogen-bond acceptors (Lipinski definition) is 2. The molecule has 2 rings (SSSR count). The average molecular weight is 353 g/mol. The van der Waals surface area contributed by atoms with Gasteiger partial charge in [0.25, 0.3) is 0 Å². The summed E-state index contributed by atoms with van der Waals surface area (Å²) in [6.45, 7) is 8.65. The van der Waals surface area contributed by atoms with Crippen molar-refractivity contribution in [2.75, 3.05) is 13.1 Å². The highest BCUT2D eigenvalue weighted by Crippen LogP contribution is 2.11. The van der Waals surface area contributed by atoms with Gasteiger partial charge in [0.05, 0.1) is 0 Å². The van der Waals surface area contributed by atoms with Crippen LogP contribution in [0, 0.1) is 0 Å². The molecule has 0 saturated carbocycles. The Morgan fingerprint density at radius 3 is 1.23 bits per heavy atom. The Labute approximate surface area is 160 Å². The number of unbranched alkanes of at least 4 members (excludes halogenated alkanes) is 2. The molecule has 0 atom stereocenters. The maximum Gasteiger partial charge on any atom is 0.0205 e. The van der Waals surface area contributed by atoms with Crippen molar-refractivity contribution in [2.45, 2.75) is 65.5 Å². The zero-order valence-corrected chi connectivity index (χ0v) is 16.7. The van der Waals surface area contributed by atoms with Gasteiger partial charge in [-0.3, -0.25) is 0 Å². The standard InChI is InChI=1S/C24H36N2/c1-3-5-17-25-19-23-13-9-21(10-14-23)7-8-22-11-15-24(16-12-22)20-26-18-6-4-2/h9-16,25-26H,3-8,17-20H2,1-2H3. The summed E-state index contributed by atoms with van der Waals surface area (Å²) in [6, 6.07) is 18.2. The van der Waals surface area contributed by atoms with Gasteiger partial charge in [-0.15, -0.1) is 0 Å². The fraction of sp³-hybridized carbons (Fsp3) is 0.500. The zero-order chi connectivity index (χ0) is 18.5. The summed E-state index contributed by atoms with van der Waals surface area (Å²) in [7, 11) is 0. The number of rotatable bonds is 13. The van der Waals surface area contributed by atoms with Crippen LogP contribution in [0.1, 0.15) is 61.8 Å². The van der Waals surface area contributed by atoms with E-state index in [9.17, 15) is 0 Å². The molecule has 0 aromatic heterocycles. The van der Waals surface area contributed by atoms with Gasteiger partial charge in [0, 0.05) is 13.1 Å². The van der Waals surface area contributed by atoms with E-state index in [1.54, 1.807) is 0 Å². The lowest BCUT2D eigenvalue weighted by Crippen LogP contribution is -2.14. The molecule has 2 N–H and O–H groups in total. The lowest BCUT2D eigenvalue weighted by Gasteiger charge is -2.07. The van der Waals surface area contributed by atoms with Crippen LogP contribution in [0.2, 0.25) is 0 Å². The Balaban J connectivity index is 1.70. The Morgan fingerprint density at radius 2 is 0.885 bits per heavy atom. The highest BCUT2D eigenvalue weighted by molar-refractivity contribution is 5.26. The molecule has 2 heteroatoms. The minimum atomic E-state index is 0.980. The third-order valence-corrected chi connectivity index (χ3v) is 4.82. The van der Waals surface area contributed by atoms with E-state index >= 15 is 0 Å². The molecule has 2 aromatic rings. The number of aryl methyl sites for hydroxylation is 2. The van der Waals surface area contributed by atoms with Crippen LogP contribution < -0.4 is 10.6 Å². The van der Waals surface area contributed by atoms with E-state index in [2.05, 4.69) is 73.0 Å². The first-order valence-corrected chi connectivity index (χ1v) is 10.4. The molecule has 0 spiro atoms. The molecule has 0 aliphatic heterocycles. The van der Waals surface area contributed by atoms with Crippen LogP contribution in [0.25, 0.3) is 0 Å². The first kappa shape index (κ1) is 20.7. The second kappa shape index (κ2) is 12.7. The van der Waals surface area contributed by atoms with E-state index < -0.39 is 0 Å². The van der Waals surface area contributed by atoms with Crippen molar-refractivity contribution in [3.05, 3.63) is 70.8 Å². The molecule has 0 bridgehead atoms. The van der Waals surface area contributed by atoms with Crippen LogP contribution in [0.5, 0.6) is 0 Å². The van der Waals surface area contributed by atoms with E-state index in [4.69, 9.17) is 0 Å². The molecule has 0 fully saturated rings. The minimum absolute atomic E-state index is 0.980. The highest BCUT2D eigenvalue weighted by atomic mass is 14.8. The van der Waals surface area contributed by atoms with Gasteiger partial charge in [-0.05, 0) is 61.0 Å². The molecule has 2 aromatic carbocycles. The predicted octanol–water partition coefficient (Wildman–Crippen LogP) is 5.25. The van der Waals surface area contributed by atoms with E-state index in [0.717, 1.165) is 39.0 Å². The van der Waals surface area contributed by atoms with E-state index in [1.807, 2.05) is 0 Å². The van der Waals surface area contributed by atoms with Crippen LogP contribution in [-0.2, 0) is 25.9 Å². The van der Waals surface area contributed by atoms with Crippen LogP contribution in [-0.4, -0.2) is 13.1 Å². The largest absolute Gasteiger partial charge is 0.313 e.